The Labute approximate surface area is 147 Å². The molecule has 0 saturated heterocycles. The molecule has 0 amide bonds. The number of hydrogen-bond acceptors (Lipinski definition) is 3. The first-order valence-corrected chi connectivity index (χ1v) is 7.79. The van der Waals surface area contributed by atoms with E-state index in [1.54, 1.807) is 18.2 Å². The van der Waals surface area contributed by atoms with Crippen molar-refractivity contribution >= 4 is 18.1 Å². The average Bonchev–Trinajstić information content (AvgIpc) is 3.06. The zero-order valence-corrected chi connectivity index (χ0v) is 13.6. The van der Waals surface area contributed by atoms with Gasteiger partial charge in [-0.25, -0.2) is 8.78 Å². The van der Waals surface area contributed by atoms with E-state index in [1.807, 2.05) is 0 Å². The third-order valence-corrected chi connectivity index (χ3v) is 3.98. The van der Waals surface area contributed by atoms with Crippen LogP contribution < -0.4 is 0 Å². The largest absolute Gasteiger partial charge is 0.459 e. The number of carbonyl (C=O) groups is 1. The summed E-state index contributed by atoms with van der Waals surface area (Å²) in [7, 11) is 0. The molecule has 1 heterocycles. The molecule has 4 nitrogen and oxygen atoms in total. The van der Waals surface area contributed by atoms with Crippen molar-refractivity contribution in [2.45, 2.75) is 12.5 Å². The van der Waals surface area contributed by atoms with E-state index < -0.39 is 11.9 Å². The summed E-state index contributed by atoms with van der Waals surface area (Å²) in [5.41, 5.74) is 2.42. The van der Waals surface area contributed by atoms with Gasteiger partial charge in [0.05, 0.1) is 10.7 Å². The molecule has 0 aliphatic heterocycles. The van der Waals surface area contributed by atoms with Crippen LogP contribution in [0, 0.1) is 11.6 Å². The van der Waals surface area contributed by atoms with Gasteiger partial charge in [-0.3, -0.25) is 9.89 Å². The number of nitrogens with one attached hydrogen (secondary N) is 1. The molecule has 0 saturated carbocycles. The molecule has 0 aliphatic carbocycles. The second-order valence-corrected chi connectivity index (χ2v) is 5.79. The number of halogens is 3. The molecule has 0 spiro atoms. The van der Waals surface area contributed by atoms with Gasteiger partial charge in [0.1, 0.15) is 17.7 Å². The molecule has 1 aromatic heterocycles. The Hall–Kier alpha value is -2.73. The highest BCUT2D eigenvalue weighted by atomic mass is 35.5. The van der Waals surface area contributed by atoms with Gasteiger partial charge in [-0.05, 0) is 35.9 Å². The van der Waals surface area contributed by atoms with Crippen molar-refractivity contribution in [3.05, 3.63) is 76.4 Å². The fourth-order valence-electron chi connectivity index (χ4n) is 2.49. The van der Waals surface area contributed by atoms with Gasteiger partial charge >= 0.3 is 0 Å². The first-order valence-electron chi connectivity index (χ1n) is 7.41. The SMILES string of the molecule is O=COC(Cc1cc(-c2cccc(F)c2)n[nH]1)c1ccc(F)c(Cl)c1. The van der Waals surface area contributed by atoms with Crippen LogP contribution in [0.2, 0.25) is 5.02 Å². The summed E-state index contributed by atoms with van der Waals surface area (Å²) in [5.74, 6) is -0.907. The van der Waals surface area contributed by atoms with Crippen LogP contribution in [0.5, 0.6) is 0 Å². The lowest BCUT2D eigenvalue weighted by atomic mass is 10.0. The quantitative estimate of drug-likeness (QED) is 0.658. The van der Waals surface area contributed by atoms with Gasteiger partial charge < -0.3 is 4.74 Å². The molecule has 0 radical (unpaired) electrons. The van der Waals surface area contributed by atoms with E-state index in [0.717, 1.165) is 0 Å². The minimum absolute atomic E-state index is 0.0536. The van der Waals surface area contributed by atoms with E-state index in [4.69, 9.17) is 16.3 Å². The van der Waals surface area contributed by atoms with Crippen LogP contribution in [-0.4, -0.2) is 16.7 Å². The monoisotopic (exact) mass is 362 g/mol. The summed E-state index contributed by atoms with van der Waals surface area (Å²) in [6.07, 6.45) is -0.375. The fourth-order valence-corrected chi connectivity index (χ4v) is 2.67. The maximum atomic E-state index is 13.3. The fraction of sp³-hybridized carbons (Fsp3) is 0.111. The number of ether oxygens (including phenoxy) is 1. The van der Waals surface area contributed by atoms with Crippen LogP contribution in [0.25, 0.3) is 11.3 Å². The minimum atomic E-state index is -0.656. The molecular weight excluding hydrogens is 350 g/mol. The third-order valence-electron chi connectivity index (χ3n) is 3.69. The maximum absolute atomic E-state index is 13.3. The van der Waals surface area contributed by atoms with Crippen LogP contribution in [0.4, 0.5) is 8.78 Å². The number of hydrogen-bond donors (Lipinski definition) is 1. The normalized spacial score (nSPS) is 12.0. The van der Waals surface area contributed by atoms with Crippen LogP contribution in [0.15, 0.2) is 48.5 Å². The summed E-state index contributed by atoms with van der Waals surface area (Å²) in [4.78, 5) is 10.8. The topological polar surface area (TPSA) is 55.0 Å². The highest BCUT2D eigenvalue weighted by Gasteiger charge is 2.17. The molecule has 3 aromatic rings. The third kappa shape index (κ3) is 4.03. The van der Waals surface area contributed by atoms with E-state index in [2.05, 4.69) is 10.2 Å². The number of carbonyl (C=O) groups excluding carboxylic acids is 1. The van der Waals surface area contributed by atoms with Gasteiger partial charge in [0.25, 0.3) is 6.47 Å². The predicted octanol–water partition coefficient (Wildman–Crippen LogP) is 4.47. The molecule has 0 bridgehead atoms. The van der Waals surface area contributed by atoms with Crippen molar-refractivity contribution < 1.29 is 18.3 Å². The summed E-state index contributed by atoms with van der Waals surface area (Å²) in [6.45, 7) is 0.325. The molecule has 1 atom stereocenters. The van der Waals surface area contributed by atoms with Gasteiger partial charge in [0.15, 0.2) is 0 Å². The molecule has 1 unspecified atom stereocenters. The number of aromatic amines is 1. The van der Waals surface area contributed by atoms with Crippen LogP contribution in [-0.2, 0) is 16.0 Å². The molecule has 7 heteroatoms. The van der Waals surface area contributed by atoms with Crippen molar-refractivity contribution in [1.29, 1.82) is 0 Å². The van der Waals surface area contributed by atoms with Crippen molar-refractivity contribution in [1.82, 2.24) is 10.2 Å². The van der Waals surface area contributed by atoms with Gasteiger partial charge in [-0.2, -0.15) is 5.10 Å². The molecule has 25 heavy (non-hydrogen) atoms. The number of rotatable bonds is 6. The Morgan fingerprint density at radius 3 is 2.76 bits per heavy atom. The summed E-state index contributed by atoms with van der Waals surface area (Å²) < 4.78 is 31.7. The maximum Gasteiger partial charge on any atom is 0.293 e. The Bertz CT molecular complexity index is 898. The zero-order valence-electron chi connectivity index (χ0n) is 12.9. The first-order chi connectivity index (χ1) is 12.1. The van der Waals surface area contributed by atoms with Gasteiger partial charge in [0, 0.05) is 17.7 Å². The summed E-state index contributed by atoms with van der Waals surface area (Å²) in [6, 6.07) is 11.9. The van der Waals surface area contributed by atoms with Crippen molar-refractivity contribution in [2.24, 2.45) is 0 Å². The summed E-state index contributed by atoms with van der Waals surface area (Å²) in [5, 5.41) is 6.92. The standard InChI is InChI=1S/C18H13ClF2N2O2/c19-15-7-12(4-5-16(15)21)18(25-10-24)9-14-8-17(23-22-14)11-2-1-3-13(20)6-11/h1-8,10,18H,9H2,(H,22,23). The van der Waals surface area contributed by atoms with Crippen LogP contribution >= 0.6 is 11.6 Å². The molecule has 0 aliphatic rings. The van der Waals surface area contributed by atoms with Gasteiger partial charge in [0.2, 0.25) is 0 Å². The van der Waals surface area contributed by atoms with E-state index in [0.29, 0.717) is 29.0 Å². The van der Waals surface area contributed by atoms with Crippen LogP contribution in [0.1, 0.15) is 17.4 Å². The number of H-pyrrole nitrogens is 1. The second kappa shape index (κ2) is 7.44. The van der Waals surface area contributed by atoms with Crippen molar-refractivity contribution in [2.75, 3.05) is 0 Å². The van der Waals surface area contributed by atoms with Crippen molar-refractivity contribution in [3.8, 4) is 11.3 Å². The van der Waals surface area contributed by atoms with E-state index in [-0.39, 0.29) is 17.3 Å². The van der Waals surface area contributed by atoms with Gasteiger partial charge in [-0.15, -0.1) is 0 Å². The Morgan fingerprint density at radius 1 is 1.20 bits per heavy atom. The van der Waals surface area contributed by atoms with E-state index in [1.165, 1.54) is 30.3 Å². The predicted molar refractivity (Wildman–Crippen MR) is 89.0 cm³/mol. The molecule has 2 aromatic carbocycles. The average molecular weight is 363 g/mol. The molecule has 1 N–H and O–H groups in total. The Balaban J connectivity index is 1.83. The minimum Gasteiger partial charge on any atom is -0.459 e. The molecule has 3 rings (SSSR count). The number of nitrogens with zero attached hydrogens (tertiary/aromatic N) is 1. The van der Waals surface area contributed by atoms with Crippen LogP contribution in [0.3, 0.4) is 0 Å². The lowest BCUT2D eigenvalue weighted by Gasteiger charge is -2.15. The Morgan fingerprint density at radius 2 is 2.04 bits per heavy atom. The van der Waals surface area contributed by atoms with Gasteiger partial charge in [-0.1, -0.05) is 29.8 Å². The van der Waals surface area contributed by atoms with Crippen molar-refractivity contribution in [3.63, 3.8) is 0 Å². The first kappa shape index (κ1) is 17.1. The zero-order chi connectivity index (χ0) is 17.8. The highest BCUT2D eigenvalue weighted by molar-refractivity contribution is 6.30. The Kier molecular flexibility index (Phi) is 5.09. The lowest BCUT2D eigenvalue weighted by molar-refractivity contribution is -0.133. The molecule has 128 valence electrons. The molecule has 0 fully saturated rings. The second-order valence-electron chi connectivity index (χ2n) is 5.39. The smallest absolute Gasteiger partial charge is 0.293 e. The van der Waals surface area contributed by atoms with E-state index in [9.17, 15) is 13.6 Å². The number of benzene rings is 2. The highest BCUT2D eigenvalue weighted by Crippen LogP contribution is 2.27. The lowest BCUT2D eigenvalue weighted by Crippen LogP contribution is -2.07. The molecular formula is C18H13ClF2N2O2. The summed E-state index contributed by atoms with van der Waals surface area (Å²) >= 11 is 5.79. The van der Waals surface area contributed by atoms with E-state index >= 15 is 0 Å². The number of aromatic nitrogens is 2.